The van der Waals surface area contributed by atoms with Gasteiger partial charge in [-0.05, 0) is 44.9 Å². The Morgan fingerprint density at radius 3 is 1.40 bits per heavy atom. The molecule has 0 radical (unpaired) electrons. The van der Waals surface area contributed by atoms with Crippen LogP contribution in [0.15, 0.2) is 24.8 Å². The molecule has 0 aliphatic carbocycles. The Kier molecular flexibility index (Phi) is 17.9. The van der Waals surface area contributed by atoms with Gasteiger partial charge in [0.1, 0.15) is 0 Å². The van der Waals surface area contributed by atoms with Gasteiger partial charge in [-0.25, -0.2) is 0 Å². The van der Waals surface area contributed by atoms with Gasteiger partial charge in [-0.15, -0.1) is 6.58 Å². The number of unbranched alkanes of at least 4 members (excludes halogenated alkanes) is 12. The van der Waals surface area contributed by atoms with Gasteiger partial charge in [0.15, 0.2) is 0 Å². The standard InChI is InChI=1S/C19H36O/c1-2-3-4-5-6-7-8-9-10-11-12-13-14-15-16-17-18-19-20/h2,12-13,20H,1,3-11,14-19H2/b13-12-. The van der Waals surface area contributed by atoms with Gasteiger partial charge in [0.25, 0.3) is 0 Å². The van der Waals surface area contributed by atoms with Crippen molar-refractivity contribution in [3.05, 3.63) is 24.8 Å². The summed E-state index contributed by atoms with van der Waals surface area (Å²) < 4.78 is 0. The molecule has 0 aliphatic rings. The van der Waals surface area contributed by atoms with E-state index in [1.807, 2.05) is 6.08 Å². The molecule has 1 heteroatoms. The lowest BCUT2D eigenvalue weighted by Crippen LogP contribution is -1.82. The zero-order valence-corrected chi connectivity index (χ0v) is 13.5. The average molecular weight is 280 g/mol. The summed E-state index contributed by atoms with van der Waals surface area (Å²) in [6, 6.07) is 0. The number of hydrogen-bond acceptors (Lipinski definition) is 1. The lowest BCUT2D eigenvalue weighted by Gasteiger charge is -2.00. The van der Waals surface area contributed by atoms with E-state index in [1.54, 1.807) is 0 Å². The molecule has 0 bridgehead atoms. The first kappa shape index (κ1) is 19.4. The van der Waals surface area contributed by atoms with Crippen molar-refractivity contribution < 1.29 is 5.11 Å². The van der Waals surface area contributed by atoms with Crippen molar-refractivity contribution in [2.24, 2.45) is 0 Å². The predicted octanol–water partition coefficient (Wildman–Crippen LogP) is 6.18. The van der Waals surface area contributed by atoms with E-state index in [0.29, 0.717) is 6.61 Å². The summed E-state index contributed by atoms with van der Waals surface area (Å²) in [7, 11) is 0. The molecular weight excluding hydrogens is 244 g/mol. The summed E-state index contributed by atoms with van der Waals surface area (Å²) in [5.74, 6) is 0. The minimum absolute atomic E-state index is 0.351. The third-order valence-electron chi connectivity index (χ3n) is 3.72. The van der Waals surface area contributed by atoms with Crippen LogP contribution in [0.4, 0.5) is 0 Å². The van der Waals surface area contributed by atoms with Gasteiger partial charge in [-0.1, -0.05) is 63.2 Å². The first-order valence-electron chi connectivity index (χ1n) is 8.78. The summed E-state index contributed by atoms with van der Waals surface area (Å²) >= 11 is 0. The molecule has 0 rings (SSSR count). The molecule has 0 fully saturated rings. The number of aliphatic hydroxyl groups excluding tert-OH is 1. The van der Waals surface area contributed by atoms with E-state index in [2.05, 4.69) is 18.7 Å². The first-order valence-corrected chi connectivity index (χ1v) is 8.78. The monoisotopic (exact) mass is 280 g/mol. The van der Waals surface area contributed by atoms with E-state index in [0.717, 1.165) is 6.42 Å². The maximum absolute atomic E-state index is 8.66. The van der Waals surface area contributed by atoms with Gasteiger partial charge < -0.3 is 5.11 Å². The Bertz CT molecular complexity index is 208. The Hall–Kier alpha value is -0.560. The van der Waals surface area contributed by atoms with Gasteiger partial charge in [-0.3, -0.25) is 0 Å². The second-order valence-electron chi connectivity index (χ2n) is 5.74. The topological polar surface area (TPSA) is 20.2 Å². The van der Waals surface area contributed by atoms with Crippen LogP contribution in [0.5, 0.6) is 0 Å². The molecule has 0 aliphatic heterocycles. The van der Waals surface area contributed by atoms with Crippen molar-refractivity contribution in [1.29, 1.82) is 0 Å². The predicted molar refractivity (Wildman–Crippen MR) is 91.1 cm³/mol. The van der Waals surface area contributed by atoms with Gasteiger partial charge in [0, 0.05) is 6.61 Å². The van der Waals surface area contributed by atoms with E-state index < -0.39 is 0 Å². The second-order valence-corrected chi connectivity index (χ2v) is 5.74. The van der Waals surface area contributed by atoms with E-state index in [-0.39, 0.29) is 0 Å². The fraction of sp³-hybridized carbons (Fsp3) is 0.789. The quantitative estimate of drug-likeness (QED) is 0.264. The van der Waals surface area contributed by atoms with Gasteiger partial charge >= 0.3 is 0 Å². The Morgan fingerprint density at radius 2 is 0.950 bits per heavy atom. The molecule has 0 aromatic heterocycles. The maximum Gasteiger partial charge on any atom is 0.0431 e. The Balaban J connectivity index is 3.02. The normalized spacial score (nSPS) is 11.2. The second kappa shape index (κ2) is 18.4. The lowest BCUT2D eigenvalue weighted by atomic mass is 10.1. The van der Waals surface area contributed by atoms with Crippen LogP contribution in [-0.4, -0.2) is 11.7 Å². The Morgan fingerprint density at radius 1 is 0.550 bits per heavy atom. The van der Waals surface area contributed by atoms with Crippen LogP contribution in [0.2, 0.25) is 0 Å². The van der Waals surface area contributed by atoms with Crippen LogP contribution in [0.1, 0.15) is 89.9 Å². The first-order chi connectivity index (χ1) is 9.91. The largest absolute Gasteiger partial charge is 0.396 e. The molecule has 0 atom stereocenters. The van der Waals surface area contributed by atoms with Crippen LogP contribution in [0.25, 0.3) is 0 Å². The van der Waals surface area contributed by atoms with Crippen molar-refractivity contribution in [1.82, 2.24) is 0 Å². The van der Waals surface area contributed by atoms with Crippen molar-refractivity contribution in [2.45, 2.75) is 89.9 Å². The maximum atomic E-state index is 8.66. The van der Waals surface area contributed by atoms with Crippen molar-refractivity contribution in [2.75, 3.05) is 6.61 Å². The number of allylic oxidation sites excluding steroid dienone is 3. The van der Waals surface area contributed by atoms with Crippen LogP contribution in [-0.2, 0) is 0 Å². The Labute approximate surface area is 127 Å². The fourth-order valence-corrected chi connectivity index (χ4v) is 2.40. The molecule has 0 heterocycles. The minimum Gasteiger partial charge on any atom is -0.396 e. The molecule has 0 unspecified atom stereocenters. The molecule has 1 nitrogen and oxygen atoms in total. The average Bonchev–Trinajstić information content (AvgIpc) is 2.47. The third kappa shape index (κ3) is 17.4. The summed E-state index contributed by atoms with van der Waals surface area (Å²) in [5, 5.41) is 8.66. The lowest BCUT2D eigenvalue weighted by molar-refractivity contribution is 0.282. The molecule has 0 saturated carbocycles. The molecule has 0 aromatic rings. The summed E-state index contributed by atoms with van der Waals surface area (Å²) in [6.07, 6.45) is 24.7. The fourth-order valence-electron chi connectivity index (χ4n) is 2.40. The highest BCUT2D eigenvalue weighted by Gasteiger charge is 1.91. The summed E-state index contributed by atoms with van der Waals surface area (Å²) in [6.45, 7) is 4.10. The van der Waals surface area contributed by atoms with Crippen molar-refractivity contribution in [3.8, 4) is 0 Å². The highest BCUT2D eigenvalue weighted by atomic mass is 16.2. The molecule has 0 saturated heterocycles. The molecule has 118 valence electrons. The summed E-state index contributed by atoms with van der Waals surface area (Å²) in [4.78, 5) is 0. The zero-order valence-electron chi connectivity index (χ0n) is 13.5. The van der Waals surface area contributed by atoms with Gasteiger partial charge in [0.05, 0.1) is 0 Å². The van der Waals surface area contributed by atoms with Crippen LogP contribution < -0.4 is 0 Å². The number of rotatable bonds is 16. The highest BCUT2D eigenvalue weighted by Crippen LogP contribution is 2.10. The van der Waals surface area contributed by atoms with Gasteiger partial charge in [-0.2, -0.15) is 0 Å². The van der Waals surface area contributed by atoms with E-state index in [4.69, 9.17) is 5.11 Å². The molecular formula is C19H36O. The molecule has 0 aromatic carbocycles. The van der Waals surface area contributed by atoms with E-state index in [9.17, 15) is 0 Å². The number of aliphatic hydroxyl groups is 1. The highest BCUT2D eigenvalue weighted by molar-refractivity contribution is 4.81. The molecule has 20 heavy (non-hydrogen) atoms. The SMILES string of the molecule is C=CCCCCCCCCC/C=C\CCCCCCO. The van der Waals surface area contributed by atoms with Crippen LogP contribution in [0.3, 0.4) is 0 Å². The number of hydrogen-bond donors (Lipinski definition) is 1. The van der Waals surface area contributed by atoms with E-state index >= 15 is 0 Å². The minimum atomic E-state index is 0.351. The smallest absolute Gasteiger partial charge is 0.0431 e. The molecule has 1 N–H and O–H groups in total. The third-order valence-corrected chi connectivity index (χ3v) is 3.72. The molecule has 0 amide bonds. The van der Waals surface area contributed by atoms with Gasteiger partial charge in [0.2, 0.25) is 0 Å². The van der Waals surface area contributed by atoms with E-state index in [1.165, 1.54) is 83.5 Å². The summed E-state index contributed by atoms with van der Waals surface area (Å²) in [5.41, 5.74) is 0. The van der Waals surface area contributed by atoms with Crippen LogP contribution >= 0.6 is 0 Å². The van der Waals surface area contributed by atoms with Crippen molar-refractivity contribution >= 4 is 0 Å². The zero-order chi connectivity index (χ0) is 14.7. The molecule has 0 spiro atoms. The van der Waals surface area contributed by atoms with Crippen molar-refractivity contribution in [3.63, 3.8) is 0 Å². The van der Waals surface area contributed by atoms with Crippen LogP contribution in [0, 0.1) is 0 Å².